The minimum absolute atomic E-state index is 0.146. The first kappa shape index (κ1) is 15.3. The molecule has 1 atom stereocenters. The summed E-state index contributed by atoms with van der Waals surface area (Å²) in [6, 6.07) is -0.859. The number of rotatable bonds is 4. The van der Waals surface area contributed by atoms with Gasteiger partial charge in [-0.05, 0) is 12.1 Å². The van der Waals surface area contributed by atoms with Crippen LogP contribution in [0.5, 0.6) is 0 Å². The maximum atomic E-state index is 13.4. The van der Waals surface area contributed by atoms with Crippen LogP contribution < -0.4 is 10.6 Å². The zero-order valence-corrected chi connectivity index (χ0v) is 10.9. The Morgan fingerprint density at radius 2 is 1.84 bits per heavy atom. The smallest absolute Gasteiger partial charge is 0.328 e. The molecule has 1 aromatic carbocycles. The molecule has 104 valence electrons. The van der Waals surface area contributed by atoms with E-state index in [9.17, 15) is 18.4 Å². The molecule has 0 saturated heterocycles. The predicted molar refractivity (Wildman–Crippen MR) is 64.7 cm³/mol. The maximum Gasteiger partial charge on any atom is 0.328 e. The number of nitrogens with one attached hydrogen (secondary N) is 2. The number of carbonyl (C=O) groups excluding carboxylic acids is 1. The van der Waals surface area contributed by atoms with Crippen LogP contribution in [0.4, 0.5) is 19.3 Å². The van der Waals surface area contributed by atoms with Gasteiger partial charge >= 0.3 is 12.0 Å². The summed E-state index contributed by atoms with van der Waals surface area (Å²) < 4.78 is 26.9. The highest BCUT2D eigenvalue weighted by molar-refractivity contribution is 9.10. The van der Waals surface area contributed by atoms with E-state index in [2.05, 4.69) is 15.9 Å². The van der Waals surface area contributed by atoms with Crippen LogP contribution in [0.3, 0.4) is 0 Å². The SMILES string of the molecule is O=C(Nc1c(F)cc(Br)cc1F)NC(CO)C(=O)O. The Morgan fingerprint density at radius 1 is 1.32 bits per heavy atom. The quantitative estimate of drug-likeness (QED) is 0.664. The molecule has 9 heteroatoms. The van der Waals surface area contributed by atoms with Gasteiger partial charge in [-0.15, -0.1) is 0 Å². The lowest BCUT2D eigenvalue weighted by Gasteiger charge is -2.13. The minimum Gasteiger partial charge on any atom is -0.480 e. The lowest BCUT2D eigenvalue weighted by molar-refractivity contribution is -0.140. The van der Waals surface area contributed by atoms with E-state index in [4.69, 9.17) is 10.2 Å². The van der Waals surface area contributed by atoms with E-state index < -0.39 is 42.0 Å². The average Bonchev–Trinajstić information content (AvgIpc) is 2.30. The number of carboxylic acids is 1. The molecular weight excluding hydrogens is 330 g/mol. The first-order valence-corrected chi connectivity index (χ1v) is 5.70. The van der Waals surface area contributed by atoms with E-state index in [1.807, 2.05) is 10.6 Å². The van der Waals surface area contributed by atoms with Crippen molar-refractivity contribution in [2.45, 2.75) is 6.04 Å². The fourth-order valence-electron chi connectivity index (χ4n) is 1.15. The summed E-state index contributed by atoms with van der Waals surface area (Å²) in [5.41, 5.74) is -0.720. The van der Waals surface area contributed by atoms with Gasteiger partial charge in [0.25, 0.3) is 0 Å². The predicted octanol–water partition coefficient (Wildman–Crippen LogP) is 1.29. The highest BCUT2D eigenvalue weighted by Gasteiger charge is 2.20. The molecule has 1 rings (SSSR count). The molecule has 2 amide bonds. The second-order valence-corrected chi connectivity index (χ2v) is 4.33. The Bertz CT molecular complexity index is 489. The van der Waals surface area contributed by atoms with Gasteiger partial charge < -0.3 is 20.8 Å². The molecule has 0 heterocycles. The second kappa shape index (κ2) is 6.43. The molecule has 4 N–H and O–H groups in total. The third-order valence-corrected chi connectivity index (χ3v) is 2.49. The molecule has 0 saturated carbocycles. The Labute approximate surface area is 114 Å². The number of hydrogen-bond donors (Lipinski definition) is 4. The summed E-state index contributed by atoms with van der Waals surface area (Å²) in [7, 11) is 0. The van der Waals surface area contributed by atoms with Crippen molar-refractivity contribution in [1.82, 2.24) is 5.32 Å². The summed E-state index contributed by atoms with van der Waals surface area (Å²) in [5.74, 6) is -3.54. The number of halogens is 3. The average molecular weight is 339 g/mol. The van der Waals surface area contributed by atoms with Crippen LogP contribution in [0.25, 0.3) is 0 Å². The number of urea groups is 1. The summed E-state index contributed by atoms with van der Waals surface area (Å²) in [6.45, 7) is -0.853. The van der Waals surface area contributed by atoms with E-state index in [0.29, 0.717) is 0 Å². The van der Waals surface area contributed by atoms with Crippen LogP contribution in [-0.4, -0.2) is 34.9 Å². The Kier molecular flexibility index (Phi) is 5.19. The molecule has 6 nitrogen and oxygen atoms in total. The van der Waals surface area contributed by atoms with Crippen LogP contribution in [0.2, 0.25) is 0 Å². The highest BCUT2D eigenvalue weighted by Crippen LogP contribution is 2.23. The van der Waals surface area contributed by atoms with Crippen molar-refractivity contribution in [1.29, 1.82) is 0 Å². The number of hydrogen-bond acceptors (Lipinski definition) is 3. The third-order valence-electron chi connectivity index (χ3n) is 2.03. The van der Waals surface area contributed by atoms with Gasteiger partial charge in [0, 0.05) is 4.47 Å². The van der Waals surface area contributed by atoms with Crippen molar-refractivity contribution in [2.24, 2.45) is 0 Å². The monoisotopic (exact) mass is 338 g/mol. The number of carboxylic acid groups (broad SMARTS) is 1. The van der Waals surface area contributed by atoms with E-state index in [0.717, 1.165) is 12.1 Å². The number of amides is 2. The molecule has 19 heavy (non-hydrogen) atoms. The summed E-state index contributed by atoms with van der Waals surface area (Å²) in [6.07, 6.45) is 0. The maximum absolute atomic E-state index is 13.4. The van der Waals surface area contributed by atoms with Gasteiger partial charge in [0.15, 0.2) is 17.7 Å². The molecule has 0 spiro atoms. The first-order chi connectivity index (χ1) is 8.85. The highest BCUT2D eigenvalue weighted by atomic mass is 79.9. The fourth-order valence-corrected chi connectivity index (χ4v) is 1.56. The van der Waals surface area contributed by atoms with Crippen molar-refractivity contribution in [3.8, 4) is 0 Å². The Balaban J connectivity index is 2.80. The molecule has 0 aliphatic heterocycles. The molecule has 1 aromatic rings. The standard InChI is InChI=1S/C10H9BrF2N2O4/c11-4-1-5(12)8(6(13)2-4)15-10(19)14-7(3-16)9(17)18/h1-2,7,16H,3H2,(H,17,18)(H2,14,15,19). The van der Waals surface area contributed by atoms with Crippen LogP contribution in [-0.2, 0) is 4.79 Å². The van der Waals surface area contributed by atoms with Crippen molar-refractivity contribution in [2.75, 3.05) is 11.9 Å². The van der Waals surface area contributed by atoms with Crippen molar-refractivity contribution in [3.63, 3.8) is 0 Å². The molecule has 0 aliphatic rings. The van der Waals surface area contributed by atoms with E-state index in [1.165, 1.54) is 0 Å². The third kappa shape index (κ3) is 4.14. The molecule has 1 unspecified atom stereocenters. The summed E-state index contributed by atoms with van der Waals surface area (Å²) in [4.78, 5) is 21.9. The van der Waals surface area contributed by atoms with Gasteiger partial charge in [0.1, 0.15) is 5.69 Å². The van der Waals surface area contributed by atoms with Crippen molar-refractivity contribution < 1.29 is 28.6 Å². The van der Waals surface area contributed by atoms with Gasteiger partial charge in [0.2, 0.25) is 0 Å². The van der Waals surface area contributed by atoms with Gasteiger partial charge in [-0.25, -0.2) is 18.4 Å². The van der Waals surface area contributed by atoms with Crippen LogP contribution >= 0.6 is 15.9 Å². The normalized spacial score (nSPS) is 11.8. The number of benzene rings is 1. The van der Waals surface area contributed by atoms with Crippen LogP contribution in [0.1, 0.15) is 0 Å². The van der Waals surface area contributed by atoms with E-state index >= 15 is 0 Å². The summed E-state index contributed by atoms with van der Waals surface area (Å²) in [5, 5.41) is 20.9. The van der Waals surface area contributed by atoms with Crippen molar-refractivity contribution >= 4 is 33.6 Å². The molecular formula is C10H9BrF2N2O4. The first-order valence-electron chi connectivity index (χ1n) is 4.91. The van der Waals surface area contributed by atoms with E-state index in [1.54, 1.807) is 0 Å². The number of aliphatic hydroxyl groups is 1. The lowest BCUT2D eigenvalue weighted by atomic mass is 10.3. The molecule has 0 bridgehead atoms. The second-order valence-electron chi connectivity index (χ2n) is 3.42. The lowest BCUT2D eigenvalue weighted by Crippen LogP contribution is -2.45. The molecule has 0 aromatic heterocycles. The molecule has 0 aliphatic carbocycles. The zero-order chi connectivity index (χ0) is 14.6. The van der Waals surface area contributed by atoms with Gasteiger partial charge in [0.05, 0.1) is 6.61 Å². The summed E-state index contributed by atoms with van der Waals surface area (Å²) >= 11 is 2.86. The molecule has 0 fully saturated rings. The number of anilines is 1. The van der Waals surface area contributed by atoms with Gasteiger partial charge in [-0.3, -0.25) is 0 Å². The van der Waals surface area contributed by atoms with Gasteiger partial charge in [-0.2, -0.15) is 0 Å². The largest absolute Gasteiger partial charge is 0.480 e. The fraction of sp³-hybridized carbons (Fsp3) is 0.200. The van der Waals surface area contributed by atoms with E-state index in [-0.39, 0.29) is 4.47 Å². The zero-order valence-electron chi connectivity index (χ0n) is 9.28. The Hall–Kier alpha value is -1.74. The van der Waals surface area contributed by atoms with Gasteiger partial charge in [-0.1, -0.05) is 15.9 Å². The molecule has 0 radical (unpaired) electrons. The van der Waals surface area contributed by atoms with Crippen LogP contribution in [0.15, 0.2) is 16.6 Å². The van der Waals surface area contributed by atoms with Crippen LogP contribution in [0, 0.1) is 11.6 Å². The Morgan fingerprint density at radius 3 is 2.26 bits per heavy atom. The van der Waals surface area contributed by atoms with Crippen molar-refractivity contribution in [3.05, 3.63) is 28.2 Å². The number of aliphatic carboxylic acids is 1. The topological polar surface area (TPSA) is 98.7 Å². The minimum atomic E-state index is -1.57. The number of aliphatic hydroxyl groups excluding tert-OH is 1. The number of carbonyl (C=O) groups is 2.